The Balaban J connectivity index is 2.55. The molecule has 0 N–H and O–H groups in total. The number of hydrogen-bond donors (Lipinski definition) is 0. The lowest BCUT2D eigenvalue weighted by atomic mass is 10.0. The molecule has 0 aliphatic heterocycles. The van der Waals surface area contributed by atoms with E-state index in [1.54, 1.807) is 12.1 Å². The summed E-state index contributed by atoms with van der Waals surface area (Å²) in [5, 5.41) is 10.4. The Bertz CT molecular complexity index is 370. The number of benzene rings is 1. The van der Waals surface area contributed by atoms with Crippen molar-refractivity contribution in [3.8, 4) is 0 Å². The zero-order chi connectivity index (χ0) is 12.0. The second-order valence-corrected chi connectivity index (χ2v) is 3.74. The molecule has 0 saturated carbocycles. The first-order valence-electron chi connectivity index (χ1n) is 5.38. The van der Waals surface area contributed by atoms with Gasteiger partial charge >= 0.3 is 0 Å². The van der Waals surface area contributed by atoms with E-state index >= 15 is 0 Å². The van der Waals surface area contributed by atoms with Crippen LogP contribution in [0.1, 0.15) is 31.7 Å². The molecule has 1 rings (SSSR count). The van der Waals surface area contributed by atoms with Gasteiger partial charge in [-0.05, 0) is 12.0 Å². The lowest BCUT2D eigenvalue weighted by Crippen LogP contribution is -2.02. The second kappa shape index (κ2) is 6.00. The van der Waals surface area contributed by atoms with Gasteiger partial charge in [-0.25, -0.2) is 0 Å². The van der Waals surface area contributed by atoms with E-state index in [0.717, 1.165) is 18.4 Å². The standard InChI is InChI=1S/C12H15NO3/c1-2-3-4-12(14)9-10-5-7-11(8-6-10)13(15)16/h5-8H,2-4,9H2,1H3. The molecular formula is C12H15NO3. The third-order valence-corrected chi connectivity index (χ3v) is 2.36. The minimum Gasteiger partial charge on any atom is -0.299 e. The lowest BCUT2D eigenvalue weighted by molar-refractivity contribution is -0.384. The zero-order valence-electron chi connectivity index (χ0n) is 9.31. The molecule has 0 heterocycles. The van der Waals surface area contributed by atoms with Crippen LogP contribution in [0.15, 0.2) is 24.3 Å². The van der Waals surface area contributed by atoms with E-state index in [2.05, 4.69) is 0 Å². The van der Waals surface area contributed by atoms with Crippen molar-refractivity contribution in [1.82, 2.24) is 0 Å². The maximum atomic E-state index is 11.5. The summed E-state index contributed by atoms with van der Waals surface area (Å²) < 4.78 is 0. The molecule has 0 bridgehead atoms. The molecule has 16 heavy (non-hydrogen) atoms. The van der Waals surface area contributed by atoms with Gasteiger partial charge in [0.05, 0.1) is 4.92 Å². The van der Waals surface area contributed by atoms with E-state index in [1.165, 1.54) is 12.1 Å². The smallest absolute Gasteiger partial charge is 0.269 e. The van der Waals surface area contributed by atoms with Crippen LogP contribution in [0, 0.1) is 10.1 Å². The number of nitro benzene ring substituents is 1. The first kappa shape index (κ1) is 12.4. The van der Waals surface area contributed by atoms with Crippen molar-refractivity contribution in [1.29, 1.82) is 0 Å². The fourth-order valence-corrected chi connectivity index (χ4v) is 1.43. The van der Waals surface area contributed by atoms with Crippen molar-refractivity contribution in [2.24, 2.45) is 0 Å². The van der Waals surface area contributed by atoms with Crippen LogP contribution in [0.3, 0.4) is 0 Å². The van der Waals surface area contributed by atoms with Crippen LogP contribution in [0.5, 0.6) is 0 Å². The minimum atomic E-state index is -0.442. The molecule has 0 aromatic heterocycles. The van der Waals surface area contributed by atoms with Gasteiger partial charge < -0.3 is 0 Å². The fourth-order valence-electron chi connectivity index (χ4n) is 1.43. The largest absolute Gasteiger partial charge is 0.299 e. The van der Waals surface area contributed by atoms with Crippen LogP contribution >= 0.6 is 0 Å². The Morgan fingerprint density at radius 3 is 2.44 bits per heavy atom. The monoisotopic (exact) mass is 221 g/mol. The molecule has 0 aliphatic carbocycles. The van der Waals surface area contributed by atoms with Crippen molar-refractivity contribution in [3.63, 3.8) is 0 Å². The summed E-state index contributed by atoms with van der Waals surface area (Å²) in [5.41, 5.74) is 0.900. The van der Waals surface area contributed by atoms with Gasteiger partial charge in [0.15, 0.2) is 0 Å². The molecule has 0 aliphatic rings. The minimum absolute atomic E-state index is 0.0600. The van der Waals surface area contributed by atoms with Crippen LogP contribution in [0.4, 0.5) is 5.69 Å². The Kier molecular flexibility index (Phi) is 4.64. The predicted octanol–water partition coefficient (Wildman–Crippen LogP) is 2.90. The number of nitrogens with zero attached hydrogens (tertiary/aromatic N) is 1. The Morgan fingerprint density at radius 1 is 1.31 bits per heavy atom. The molecule has 0 radical (unpaired) electrons. The molecule has 86 valence electrons. The van der Waals surface area contributed by atoms with Crippen molar-refractivity contribution < 1.29 is 9.72 Å². The molecule has 0 spiro atoms. The molecule has 0 atom stereocenters. The van der Waals surface area contributed by atoms with E-state index < -0.39 is 4.92 Å². The van der Waals surface area contributed by atoms with Crippen LogP contribution < -0.4 is 0 Å². The van der Waals surface area contributed by atoms with E-state index in [4.69, 9.17) is 0 Å². The highest BCUT2D eigenvalue weighted by atomic mass is 16.6. The summed E-state index contributed by atoms with van der Waals surface area (Å²) in [5.74, 6) is 0.190. The highest BCUT2D eigenvalue weighted by Gasteiger charge is 2.06. The number of ketones is 1. The van der Waals surface area contributed by atoms with E-state index in [9.17, 15) is 14.9 Å². The summed E-state index contributed by atoms with van der Waals surface area (Å²) >= 11 is 0. The van der Waals surface area contributed by atoms with Gasteiger partial charge in [0.1, 0.15) is 5.78 Å². The number of Topliss-reactive ketones (excluding diaryl/α,β-unsaturated/α-hetero) is 1. The average Bonchev–Trinajstić information content (AvgIpc) is 2.27. The van der Waals surface area contributed by atoms with Crippen LogP contribution in [-0.4, -0.2) is 10.7 Å². The van der Waals surface area contributed by atoms with Crippen LogP contribution in [0.25, 0.3) is 0 Å². The summed E-state index contributed by atoms with van der Waals surface area (Å²) in [6.07, 6.45) is 2.88. The van der Waals surface area contributed by atoms with Crippen molar-refractivity contribution >= 4 is 11.5 Å². The first-order chi connectivity index (χ1) is 7.63. The molecule has 0 fully saturated rings. The summed E-state index contributed by atoms with van der Waals surface area (Å²) in [6.45, 7) is 2.04. The molecule has 0 unspecified atom stereocenters. The predicted molar refractivity (Wildman–Crippen MR) is 61.3 cm³/mol. The Morgan fingerprint density at radius 2 is 1.94 bits per heavy atom. The average molecular weight is 221 g/mol. The third kappa shape index (κ3) is 3.81. The molecule has 1 aromatic rings. The highest BCUT2D eigenvalue weighted by Crippen LogP contribution is 2.13. The topological polar surface area (TPSA) is 60.2 Å². The quantitative estimate of drug-likeness (QED) is 0.548. The van der Waals surface area contributed by atoms with E-state index in [0.29, 0.717) is 12.8 Å². The van der Waals surface area contributed by atoms with E-state index in [1.807, 2.05) is 6.92 Å². The van der Waals surface area contributed by atoms with Crippen molar-refractivity contribution in [2.45, 2.75) is 32.6 Å². The van der Waals surface area contributed by atoms with Gasteiger partial charge in [-0.15, -0.1) is 0 Å². The normalized spacial score (nSPS) is 10.1. The molecule has 0 amide bonds. The highest BCUT2D eigenvalue weighted by molar-refractivity contribution is 5.80. The summed E-state index contributed by atoms with van der Waals surface area (Å²) in [6, 6.07) is 6.15. The van der Waals surface area contributed by atoms with Crippen LogP contribution in [0.2, 0.25) is 0 Å². The molecule has 0 saturated heterocycles. The van der Waals surface area contributed by atoms with Crippen molar-refractivity contribution in [3.05, 3.63) is 39.9 Å². The fraction of sp³-hybridized carbons (Fsp3) is 0.417. The first-order valence-corrected chi connectivity index (χ1v) is 5.38. The van der Waals surface area contributed by atoms with Gasteiger partial charge in [-0.3, -0.25) is 14.9 Å². The van der Waals surface area contributed by atoms with Gasteiger partial charge in [-0.1, -0.05) is 25.5 Å². The number of nitro groups is 1. The number of rotatable bonds is 6. The molecule has 4 heteroatoms. The molecule has 4 nitrogen and oxygen atoms in total. The summed E-state index contributed by atoms with van der Waals surface area (Å²) in [7, 11) is 0. The van der Waals surface area contributed by atoms with Gasteiger partial charge in [0.2, 0.25) is 0 Å². The van der Waals surface area contributed by atoms with Gasteiger partial charge in [0, 0.05) is 25.0 Å². The van der Waals surface area contributed by atoms with Crippen LogP contribution in [-0.2, 0) is 11.2 Å². The van der Waals surface area contributed by atoms with Crippen molar-refractivity contribution in [2.75, 3.05) is 0 Å². The third-order valence-electron chi connectivity index (χ3n) is 2.36. The maximum absolute atomic E-state index is 11.5. The number of hydrogen-bond acceptors (Lipinski definition) is 3. The SMILES string of the molecule is CCCCC(=O)Cc1ccc([N+](=O)[O-])cc1. The molecular weight excluding hydrogens is 206 g/mol. The second-order valence-electron chi connectivity index (χ2n) is 3.74. The number of carbonyl (C=O) groups is 1. The Hall–Kier alpha value is -1.71. The maximum Gasteiger partial charge on any atom is 0.269 e. The zero-order valence-corrected chi connectivity index (χ0v) is 9.31. The Labute approximate surface area is 94.4 Å². The molecule has 1 aromatic carbocycles. The lowest BCUT2D eigenvalue weighted by Gasteiger charge is -2.00. The number of non-ortho nitro benzene ring substituents is 1. The number of unbranched alkanes of at least 4 members (excludes halogenated alkanes) is 1. The number of carbonyl (C=O) groups excluding carboxylic acids is 1. The summed E-state index contributed by atoms with van der Waals surface area (Å²) in [4.78, 5) is 21.4. The van der Waals surface area contributed by atoms with Gasteiger partial charge in [-0.2, -0.15) is 0 Å². The van der Waals surface area contributed by atoms with E-state index in [-0.39, 0.29) is 11.5 Å². The van der Waals surface area contributed by atoms with Gasteiger partial charge in [0.25, 0.3) is 5.69 Å².